The third kappa shape index (κ3) is 4.80. The van der Waals surface area contributed by atoms with Crippen LogP contribution in [0.4, 0.5) is 5.82 Å². The van der Waals surface area contributed by atoms with Gasteiger partial charge in [0.05, 0.1) is 0 Å². The Morgan fingerprint density at radius 2 is 1.73 bits per heavy atom. The summed E-state index contributed by atoms with van der Waals surface area (Å²) in [7, 11) is 0. The van der Waals surface area contributed by atoms with E-state index in [0.29, 0.717) is 35.4 Å². The van der Waals surface area contributed by atoms with Crippen LogP contribution in [0.1, 0.15) is 27.4 Å². The fourth-order valence-electron chi connectivity index (χ4n) is 2.47. The SMILES string of the molecule is Cc1nc(NCc2ccccc2Cl)cc(C(=O)NCc2ccccc2)n1. The van der Waals surface area contributed by atoms with Crippen LogP contribution in [0.3, 0.4) is 0 Å². The molecular formula is C20H19ClN4O. The van der Waals surface area contributed by atoms with E-state index in [9.17, 15) is 4.79 Å². The van der Waals surface area contributed by atoms with Crippen molar-refractivity contribution >= 4 is 23.3 Å². The Labute approximate surface area is 157 Å². The second-order valence-corrected chi connectivity index (χ2v) is 6.21. The van der Waals surface area contributed by atoms with Gasteiger partial charge in [0.15, 0.2) is 0 Å². The lowest BCUT2D eigenvalue weighted by Crippen LogP contribution is -2.24. The van der Waals surface area contributed by atoms with Crippen molar-refractivity contribution < 1.29 is 4.79 Å². The molecule has 3 aromatic rings. The molecule has 6 heteroatoms. The molecule has 5 nitrogen and oxygen atoms in total. The monoisotopic (exact) mass is 366 g/mol. The van der Waals surface area contributed by atoms with Crippen LogP contribution < -0.4 is 10.6 Å². The number of halogens is 1. The summed E-state index contributed by atoms with van der Waals surface area (Å²) in [6.07, 6.45) is 0. The third-order valence-corrected chi connectivity index (χ3v) is 4.15. The molecule has 1 aromatic heterocycles. The molecule has 0 aliphatic rings. The average molecular weight is 367 g/mol. The molecule has 0 spiro atoms. The van der Waals surface area contributed by atoms with Gasteiger partial charge in [-0.2, -0.15) is 0 Å². The van der Waals surface area contributed by atoms with Gasteiger partial charge in [0.25, 0.3) is 5.91 Å². The number of nitrogens with one attached hydrogen (secondary N) is 2. The van der Waals surface area contributed by atoms with Crippen molar-refractivity contribution in [3.63, 3.8) is 0 Å². The maximum atomic E-state index is 12.4. The standard InChI is InChI=1S/C20H19ClN4O/c1-14-24-18(20(26)23-12-15-7-3-2-4-8-15)11-19(25-14)22-13-16-9-5-6-10-17(16)21/h2-11H,12-13H2,1H3,(H,23,26)(H,22,24,25). The lowest BCUT2D eigenvalue weighted by atomic mass is 10.2. The summed E-state index contributed by atoms with van der Waals surface area (Å²) in [6, 6.07) is 19.0. The quantitative estimate of drug-likeness (QED) is 0.692. The number of rotatable bonds is 6. The van der Waals surface area contributed by atoms with Gasteiger partial charge in [0.1, 0.15) is 17.3 Å². The molecular weight excluding hydrogens is 348 g/mol. The molecule has 0 radical (unpaired) electrons. The molecule has 2 N–H and O–H groups in total. The largest absolute Gasteiger partial charge is 0.366 e. The number of aryl methyl sites for hydroxylation is 1. The van der Waals surface area contributed by atoms with Crippen molar-refractivity contribution in [1.29, 1.82) is 0 Å². The number of nitrogens with zero attached hydrogens (tertiary/aromatic N) is 2. The zero-order valence-electron chi connectivity index (χ0n) is 14.4. The fourth-order valence-corrected chi connectivity index (χ4v) is 2.67. The minimum absolute atomic E-state index is 0.236. The first-order valence-corrected chi connectivity index (χ1v) is 8.65. The zero-order valence-corrected chi connectivity index (χ0v) is 15.1. The number of benzene rings is 2. The number of carbonyl (C=O) groups is 1. The van der Waals surface area contributed by atoms with E-state index in [0.717, 1.165) is 11.1 Å². The predicted octanol–water partition coefficient (Wildman–Crippen LogP) is 3.98. The van der Waals surface area contributed by atoms with Gasteiger partial charge in [-0.15, -0.1) is 0 Å². The van der Waals surface area contributed by atoms with E-state index >= 15 is 0 Å². The van der Waals surface area contributed by atoms with E-state index in [1.807, 2.05) is 54.6 Å². The molecule has 0 aliphatic heterocycles. The summed E-state index contributed by atoms with van der Waals surface area (Å²) >= 11 is 6.17. The van der Waals surface area contributed by atoms with Crippen LogP contribution in [0.15, 0.2) is 60.7 Å². The van der Waals surface area contributed by atoms with Crippen molar-refractivity contribution in [2.75, 3.05) is 5.32 Å². The number of hydrogen-bond acceptors (Lipinski definition) is 4. The summed E-state index contributed by atoms with van der Waals surface area (Å²) in [5, 5.41) is 6.76. The number of aromatic nitrogens is 2. The van der Waals surface area contributed by atoms with Crippen molar-refractivity contribution in [3.05, 3.63) is 88.3 Å². The van der Waals surface area contributed by atoms with Crippen molar-refractivity contribution in [1.82, 2.24) is 15.3 Å². The normalized spacial score (nSPS) is 10.4. The Bertz CT molecular complexity index is 899. The summed E-state index contributed by atoms with van der Waals surface area (Å²) in [5.74, 6) is 0.876. The highest BCUT2D eigenvalue weighted by molar-refractivity contribution is 6.31. The highest BCUT2D eigenvalue weighted by atomic mass is 35.5. The Hall–Kier alpha value is -2.92. The van der Waals surface area contributed by atoms with Crippen LogP contribution in [0.2, 0.25) is 5.02 Å². The molecule has 0 atom stereocenters. The molecule has 0 bridgehead atoms. The lowest BCUT2D eigenvalue weighted by Gasteiger charge is -2.10. The molecule has 0 fully saturated rings. The van der Waals surface area contributed by atoms with Crippen LogP contribution >= 0.6 is 11.6 Å². The molecule has 0 unspecified atom stereocenters. The highest BCUT2D eigenvalue weighted by Gasteiger charge is 2.10. The first-order chi connectivity index (χ1) is 12.6. The van der Waals surface area contributed by atoms with Crippen molar-refractivity contribution in [2.24, 2.45) is 0 Å². The van der Waals surface area contributed by atoms with Crippen LogP contribution in [0, 0.1) is 6.92 Å². The van der Waals surface area contributed by atoms with Crippen LogP contribution in [-0.4, -0.2) is 15.9 Å². The third-order valence-electron chi connectivity index (χ3n) is 3.78. The molecule has 0 aliphatic carbocycles. The molecule has 0 saturated heterocycles. The van der Waals surface area contributed by atoms with Gasteiger partial charge in [-0.25, -0.2) is 9.97 Å². The Kier molecular flexibility index (Phi) is 5.81. The first kappa shape index (κ1) is 17.9. The van der Waals surface area contributed by atoms with Crippen molar-refractivity contribution in [2.45, 2.75) is 20.0 Å². The van der Waals surface area contributed by atoms with E-state index in [1.165, 1.54) is 0 Å². The molecule has 3 rings (SSSR count). The highest BCUT2D eigenvalue weighted by Crippen LogP contribution is 2.16. The predicted molar refractivity (Wildman–Crippen MR) is 103 cm³/mol. The first-order valence-electron chi connectivity index (χ1n) is 8.27. The van der Waals surface area contributed by atoms with E-state index in [-0.39, 0.29) is 5.91 Å². The van der Waals surface area contributed by atoms with E-state index in [1.54, 1.807) is 13.0 Å². The number of anilines is 1. The van der Waals surface area contributed by atoms with Crippen molar-refractivity contribution in [3.8, 4) is 0 Å². The van der Waals surface area contributed by atoms with E-state index in [4.69, 9.17) is 11.6 Å². The molecule has 26 heavy (non-hydrogen) atoms. The molecule has 1 heterocycles. The van der Waals surface area contributed by atoms with Gasteiger partial charge < -0.3 is 10.6 Å². The van der Waals surface area contributed by atoms with E-state index < -0.39 is 0 Å². The summed E-state index contributed by atoms with van der Waals surface area (Å²) in [4.78, 5) is 21.0. The second-order valence-electron chi connectivity index (χ2n) is 5.80. The smallest absolute Gasteiger partial charge is 0.270 e. The number of hydrogen-bond donors (Lipinski definition) is 2. The van der Waals surface area contributed by atoms with Gasteiger partial charge in [-0.1, -0.05) is 60.1 Å². The topological polar surface area (TPSA) is 66.9 Å². The molecule has 132 valence electrons. The Morgan fingerprint density at radius 1 is 1.00 bits per heavy atom. The van der Waals surface area contributed by atoms with Gasteiger partial charge >= 0.3 is 0 Å². The van der Waals surface area contributed by atoms with Crippen LogP contribution in [-0.2, 0) is 13.1 Å². The van der Waals surface area contributed by atoms with Gasteiger partial charge in [-0.05, 0) is 24.1 Å². The zero-order chi connectivity index (χ0) is 18.4. The Balaban J connectivity index is 1.67. The molecule has 2 aromatic carbocycles. The summed E-state index contributed by atoms with van der Waals surface area (Å²) in [5.41, 5.74) is 2.32. The average Bonchev–Trinajstić information content (AvgIpc) is 2.66. The van der Waals surface area contributed by atoms with Gasteiger partial charge in [-0.3, -0.25) is 4.79 Å². The summed E-state index contributed by atoms with van der Waals surface area (Å²) in [6.45, 7) is 2.72. The lowest BCUT2D eigenvalue weighted by molar-refractivity contribution is 0.0945. The Morgan fingerprint density at radius 3 is 2.50 bits per heavy atom. The van der Waals surface area contributed by atoms with Gasteiger partial charge in [0.2, 0.25) is 0 Å². The maximum Gasteiger partial charge on any atom is 0.270 e. The number of amides is 1. The maximum absolute atomic E-state index is 12.4. The second kappa shape index (κ2) is 8.45. The minimum atomic E-state index is -0.236. The minimum Gasteiger partial charge on any atom is -0.366 e. The van der Waals surface area contributed by atoms with Crippen LogP contribution in [0.5, 0.6) is 0 Å². The molecule has 1 amide bonds. The number of carbonyl (C=O) groups excluding carboxylic acids is 1. The van der Waals surface area contributed by atoms with E-state index in [2.05, 4.69) is 20.6 Å². The van der Waals surface area contributed by atoms with Gasteiger partial charge in [0, 0.05) is 24.2 Å². The molecule has 0 saturated carbocycles. The fraction of sp³-hybridized carbons (Fsp3) is 0.150. The van der Waals surface area contributed by atoms with Crippen LogP contribution in [0.25, 0.3) is 0 Å². The summed E-state index contributed by atoms with van der Waals surface area (Å²) < 4.78 is 0.